The van der Waals surface area contributed by atoms with Gasteiger partial charge in [0.1, 0.15) is 11.6 Å². The van der Waals surface area contributed by atoms with Gasteiger partial charge in [-0.1, -0.05) is 39.7 Å². The van der Waals surface area contributed by atoms with Gasteiger partial charge in [-0.2, -0.15) is 0 Å². The van der Waals surface area contributed by atoms with Crippen molar-refractivity contribution in [3.05, 3.63) is 34.6 Å². The Hall–Kier alpha value is -0.410. The molecular formula is C12H13BrClFO. The fraction of sp³-hybridized carbons (Fsp3) is 0.417. The van der Waals surface area contributed by atoms with Crippen LogP contribution in [0.1, 0.15) is 24.8 Å². The highest BCUT2D eigenvalue weighted by molar-refractivity contribution is 9.09. The predicted molar refractivity (Wildman–Crippen MR) is 67.8 cm³/mol. The van der Waals surface area contributed by atoms with Crippen molar-refractivity contribution in [1.29, 1.82) is 0 Å². The Morgan fingerprint density at radius 2 is 2.12 bits per heavy atom. The van der Waals surface area contributed by atoms with Gasteiger partial charge in [0.15, 0.2) is 0 Å². The van der Waals surface area contributed by atoms with Gasteiger partial charge in [0.05, 0.1) is 5.02 Å². The maximum atomic E-state index is 13.5. The van der Waals surface area contributed by atoms with Crippen molar-refractivity contribution in [3.63, 3.8) is 0 Å². The standard InChI is InChI=1S/C12H13BrClFO/c13-8-2-4-10(16)7-6-9-3-1-5-11(14)12(9)15/h1,3,5H,2,4,6-8H2. The number of Topliss-reactive ketones (excluding diaryl/α,β-unsaturated/α-hetero) is 1. The molecule has 0 bridgehead atoms. The third-order valence-electron chi connectivity index (χ3n) is 2.29. The minimum atomic E-state index is -0.405. The number of hydrogen-bond acceptors (Lipinski definition) is 1. The van der Waals surface area contributed by atoms with E-state index in [9.17, 15) is 9.18 Å². The van der Waals surface area contributed by atoms with Gasteiger partial charge in [-0.3, -0.25) is 4.79 Å². The van der Waals surface area contributed by atoms with Gasteiger partial charge in [-0.15, -0.1) is 0 Å². The van der Waals surface area contributed by atoms with Crippen LogP contribution in [0.3, 0.4) is 0 Å². The molecule has 0 unspecified atom stereocenters. The molecule has 0 fully saturated rings. The molecule has 0 aliphatic carbocycles. The summed E-state index contributed by atoms with van der Waals surface area (Å²) in [6.45, 7) is 0. The van der Waals surface area contributed by atoms with Crippen LogP contribution >= 0.6 is 27.5 Å². The highest BCUT2D eigenvalue weighted by Gasteiger charge is 2.08. The second-order valence-corrected chi connectivity index (χ2v) is 4.74. The lowest BCUT2D eigenvalue weighted by molar-refractivity contribution is -0.119. The highest BCUT2D eigenvalue weighted by Crippen LogP contribution is 2.19. The van der Waals surface area contributed by atoms with E-state index in [2.05, 4.69) is 15.9 Å². The Labute approximate surface area is 108 Å². The molecule has 0 saturated heterocycles. The monoisotopic (exact) mass is 306 g/mol. The molecule has 4 heteroatoms. The van der Waals surface area contributed by atoms with Gasteiger partial charge < -0.3 is 0 Å². The van der Waals surface area contributed by atoms with Crippen LogP contribution in [0.5, 0.6) is 0 Å². The maximum Gasteiger partial charge on any atom is 0.144 e. The predicted octanol–water partition coefficient (Wildman–Crippen LogP) is 4.16. The topological polar surface area (TPSA) is 17.1 Å². The number of alkyl halides is 1. The molecule has 1 aromatic rings. The molecule has 0 radical (unpaired) electrons. The summed E-state index contributed by atoms with van der Waals surface area (Å²) >= 11 is 8.91. The molecule has 0 aromatic heterocycles. The average molecular weight is 308 g/mol. The normalized spacial score (nSPS) is 10.4. The molecule has 0 saturated carbocycles. The minimum Gasteiger partial charge on any atom is -0.300 e. The minimum absolute atomic E-state index is 0.116. The molecule has 0 aliphatic rings. The summed E-state index contributed by atoms with van der Waals surface area (Å²) in [5.74, 6) is -0.240. The Balaban J connectivity index is 2.48. The third-order valence-corrected chi connectivity index (χ3v) is 3.15. The largest absolute Gasteiger partial charge is 0.300 e. The third kappa shape index (κ3) is 4.22. The van der Waals surface area contributed by atoms with E-state index in [1.807, 2.05) is 0 Å². The lowest BCUT2D eigenvalue weighted by Gasteiger charge is -2.03. The van der Waals surface area contributed by atoms with Gasteiger partial charge >= 0.3 is 0 Å². The van der Waals surface area contributed by atoms with E-state index in [-0.39, 0.29) is 10.8 Å². The molecule has 16 heavy (non-hydrogen) atoms. The van der Waals surface area contributed by atoms with E-state index in [0.29, 0.717) is 24.8 Å². The fourth-order valence-corrected chi connectivity index (χ4v) is 1.88. The molecule has 1 rings (SSSR count). The number of carbonyl (C=O) groups excluding carboxylic acids is 1. The van der Waals surface area contributed by atoms with Crippen molar-refractivity contribution >= 4 is 33.3 Å². The number of carbonyl (C=O) groups is 1. The van der Waals surface area contributed by atoms with Crippen LogP contribution < -0.4 is 0 Å². The van der Waals surface area contributed by atoms with Gasteiger partial charge in [-0.25, -0.2) is 4.39 Å². The molecule has 0 heterocycles. The van der Waals surface area contributed by atoms with Gasteiger partial charge in [0.2, 0.25) is 0 Å². The summed E-state index contributed by atoms with van der Waals surface area (Å²) in [6, 6.07) is 4.87. The molecule has 0 N–H and O–H groups in total. The van der Waals surface area contributed by atoms with Crippen molar-refractivity contribution in [2.45, 2.75) is 25.7 Å². The molecule has 88 valence electrons. The number of benzene rings is 1. The smallest absolute Gasteiger partial charge is 0.144 e. The summed E-state index contributed by atoms with van der Waals surface area (Å²) in [6.07, 6.45) is 2.18. The van der Waals surface area contributed by atoms with Crippen LogP contribution in [0.4, 0.5) is 4.39 Å². The van der Waals surface area contributed by atoms with Crippen LogP contribution in [0, 0.1) is 5.82 Å². The summed E-state index contributed by atoms with van der Waals surface area (Å²) in [4.78, 5) is 11.4. The van der Waals surface area contributed by atoms with Crippen molar-refractivity contribution in [2.75, 3.05) is 5.33 Å². The maximum absolute atomic E-state index is 13.5. The second-order valence-electron chi connectivity index (χ2n) is 3.54. The molecule has 0 spiro atoms. The summed E-state index contributed by atoms with van der Waals surface area (Å²) in [5, 5.41) is 0.940. The van der Waals surface area contributed by atoms with Crippen molar-refractivity contribution in [1.82, 2.24) is 0 Å². The number of hydrogen-bond donors (Lipinski definition) is 0. The average Bonchev–Trinajstić information content (AvgIpc) is 2.28. The van der Waals surface area contributed by atoms with Gasteiger partial charge in [-0.05, 0) is 24.5 Å². The fourth-order valence-electron chi connectivity index (χ4n) is 1.40. The lowest BCUT2D eigenvalue weighted by atomic mass is 10.0. The number of rotatable bonds is 6. The first-order valence-corrected chi connectivity index (χ1v) is 6.65. The van der Waals surface area contributed by atoms with Crippen molar-refractivity contribution in [3.8, 4) is 0 Å². The van der Waals surface area contributed by atoms with E-state index in [0.717, 1.165) is 11.8 Å². The zero-order valence-electron chi connectivity index (χ0n) is 8.81. The molecule has 1 aromatic carbocycles. The summed E-state index contributed by atoms with van der Waals surface area (Å²) < 4.78 is 13.5. The Morgan fingerprint density at radius 3 is 2.81 bits per heavy atom. The van der Waals surface area contributed by atoms with E-state index in [1.165, 1.54) is 6.07 Å². The molecule has 1 nitrogen and oxygen atoms in total. The van der Waals surface area contributed by atoms with E-state index in [4.69, 9.17) is 11.6 Å². The Morgan fingerprint density at radius 1 is 1.38 bits per heavy atom. The van der Waals surface area contributed by atoms with Crippen LogP contribution in [0.15, 0.2) is 18.2 Å². The highest BCUT2D eigenvalue weighted by atomic mass is 79.9. The first-order valence-electron chi connectivity index (χ1n) is 5.15. The van der Waals surface area contributed by atoms with Crippen molar-refractivity contribution < 1.29 is 9.18 Å². The number of ketones is 1. The van der Waals surface area contributed by atoms with Crippen LogP contribution in [-0.2, 0) is 11.2 Å². The lowest BCUT2D eigenvalue weighted by Crippen LogP contribution is -2.02. The van der Waals surface area contributed by atoms with E-state index in [1.54, 1.807) is 12.1 Å². The zero-order chi connectivity index (χ0) is 12.0. The molecule has 0 amide bonds. The number of aryl methyl sites for hydroxylation is 1. The zero-order valence-corrected chi connectivity index (χ0v) is 11.2. The molecule has 0 atom stereocenters. The Bertz CT molecular complexity index is 368. The van der Waals surface area contributed by atoms with Gasteiger partial charge in [0.25, 0.3) is 0 Å². The Kier molecular flexibility index (Phi) is 5.99. The SMILES string of the molecule is O=C(CCCBr)CCc1cccc(Cl)c1F. The van der Waals surface area contributed by atoms with Crippen molar-refractivity contribution in [2.24, 2.45) is 0 Å². The second kappa shape index (κ2) is 7.02. The number of halogens is 3. The first kappa shape index (κ1) is 13.7. The summed E-state index contributed by atoms with van der Waals surface area (Å²) in [5.41, 5.74) is 0.514. The summed E-state index contributed by atoms with van der Waals surface area (Å²) in [7, 11) is 0. The molecular weight excluding hydrogens is 294 g/mol. The van der Waals surface area contributed by atoms with Gasteiger partial charge in [0, 0.05) is 18.2 Å². The quantitative estimate of drug-likeness (QED) is 0.721. The van der Waals surface area contributed by atoms with Crippen LogP contribution in [0.25, 0.3) is 0 Å². The molecule has 0 aliphatic heterocycles. The van der Waals surface area contributed by atoms with Crippen LogP contribution in [-0.4, -0.2) is 11.1 Å². The first-order chi connectivity index (χ1) is 7.65. The van der Waals surface area contributed by atoms with E-state index >= 15 is 0 Å². The van der Waals surface area contributed by atoms with Crippen LogP contribution in [0.2, 0.25) is 5.02 Å². The van der Waals surface area contributed by atoms with E-state index < -0.39 is 5.82 Å².